The third-order valence-electron chi connectivity index (χ3n) is 8.80. The number of pyridine rings is 1. The van der Waals surface area contributed by atoms with E-state index in [2.05, 4.69) is 9.97 Å². The molecule has 1 N–H and O–H groups in total. The van der Waals surface area contributed by atoms with Gasteiger partial charge in [0.15, 0.2) is 0 Å². The van der Waals surface area contributed by atoms with Gasteiger partial charge >= 0.3 is 12.1 Å². The predicted octanol–water partition coefficient (Wildman–Crippen LogP) is 6.67. The summed E-state index contributed by atoms with van der Waals surface area (Å²) in [6.45, 7) is 5.96. The molecule has 1 aliphatic heterocycles. The lowest BCUT2D eigenvalue weighted by Crippen LogP contribution is -2.45. The number of fused-ring (bicyclic) bond motifs is 2. The van der Waals surface area contributed by atoms with E-state index in [1.54, 1.807) is 31.2 Å². The summed E-state index contributed by atoms with van der Waals surface area (Å²) < 4.78 is 51.9. The first-order valence-corrected chi connectivity index (χ1v) is 16.4. The maximum atomic E-state index is 14.6. The van der Waals surface area contributed by atoms with Crippen LogP contribution in [0.2, 0.25) is 5.02 Å². The van der Waals surface area contributed by atoms with E-state index < -0.39 is 23.3 Å². The van der Waals surface area contributed by atoms with Gasteiger partial charge in [-0.05, 0) is 57.6 Å². The number of ether oxygens (including phenoxy) is 1. The second kappa shape index (κ2) is 13.0. The Hall–Kier alpha value is -4.71. The number of carboxylic acid groups (broad SMARTS) is 1. The smallest absolute Gasteiger partial charge is 0.418 e. The van der Waals surface area contributed by atoms with Gasteiger partial charge in [-0.15, -0.1) is 11.3 Å². The maximum Gasteiger partial charge on any atom is 0.418 e. The van der Waals surface area contributed by atoms with Crippen molar-refractivity contribution in [2.45, 2.75) is 33.5 Å². The highest BCUT2D eigenvalue weighted by Gasteiger charge is 2.41. The van der Waals surface area contributed by atoms with Crippen LogP contribution >= 0.6 is 22.9 Å². The van der Waals surface area contributed by atoms with Gasteiger partial charge < -0.3 is 19.6 Å². The fourth-order valence-corrected chi connectivity index (χ4v) is 7.72. The Labute approximate surface area is 287 Å². The number of anilines is 1. The van der Waals surface area contributed by atoms with Crippen molar-refractivity contribution < 1.29 is 27.8 Å². The summed E-state index contributed by atoms with van der Waals surface area (Å²) in [6, 6.07) is 8.65. The third kappa shape index (κ3) is 6.07. The van der Waals surface area contributed by atoms with E-state index in [1.165, 1.54) is 40.8 Å². The molecule has 5 aromatic rings. The van der Waals surface area contributed by atoms with Crippen LogP contribution < -0.4 is 15.2 Å². The molecule has 15 heteroatoms. The largest absolute Gasteiger partial charge is 0.491 e. The molecule has 4 heterocycles. The Kier molecular flexibility index (Phi) is 9.04. The molecule has 0 saturated carbocycles. The minimum Gasteiger partial charge on any atom is -0.491 e. The molecular weight excluding hydrogens is 681 g/mol. The number of hydrogen-bond donors (Lipinski definition) is 1. The molecule has 1 fully saturated rings. The van der Waals surface area contributed by atoms with Gasteiger partial charge in [0.05, 0.1) is 50.0 Å². The molecule has 254 valence electrons. The zero-order valence-corrected chi connectivity index (χ0v) is 28.5. The molecule has 0 unspecified atom stereocenters. The number of halogens is 4. The zero-order valence-electron chi connectivity index (χ0n) is 26.9. The summed E-state index contributed by atoms with van der Waals surface area (Å²) in [5, 5.41) is 20.3. The lowest BCUT2D eigenvalue weighted by atomic mass is 9.95. The molecule has 1 aliphatic rings. The van der Waals surface area contributed by atoms with E-state index in [1.807, 2.05) is 18.0 Å². The quantitative estimate of drug-likeness (QED) is 0.197. The number of piperazine rings is 1. The first-order valence-electron chi connectivity index (χ1n) is 15.3. The number of nitriles is 1. The van der Waals surface area contributed by atoms with Crippen molar-refractivity contribution in [3.63, 3.8) is 0 Å². The minimum atomic E-state index is -4.78. The number of rotatable bonds is 7. The number of nitrogens with zero attached hydrogens (tertiary/aromatic N) is 6. The first kappa shape index (κ1) is 34.2. The highest BCUT2D eigenvalue weighted by molar-refractivity contribution is 7.20. The molecule has 0 aliphatic carbocycles. The monoisotopic (exact) mass is 710 g/mol. The molecule has 0 spiro atoms. The number of benzene rings is 2. The number of alkyl halides is 3. The van der Waals surface area contributed by atoms with Gasteiger partial charge in [-0.2, -0.15) is 18.4 Å². The van der Waals surface area contributed by atoms with Crippen LogP contribution in [0, 0.1) is 32.1 Å². The van der Waals surface area contributed by atoms with E-state index in [0.29, 0.717) is 50.1 Å². The second-order valence-electron chi connectivity index (χ2n) is 11.8. The number of hydrogen-bond acceptors (Lipinski definition) is 9. The summed E-state index contributed by atoms with van der Waals surface area (Å²) in [5.41, 5.74) is -0.888. The number of aryl methyl sites for hydroxylation is 3. The van der Waals surface area contributed by atoms with Crippen molar-refractivity contribution in [1.82, 2.24) is 19.4 Å². The number of carbonyl (C=O) groups is 1. The number of aromatic nitrogens is 3. The molecule has 10 nitrogen and oxygen atoms in total. The Morgan fingerprint density at radius 2 is 1.84 bits per heavy atom. The summed E-state index contributed by atoms with van der Waals surface area (Å²) in [4.78, 5) is 38.9. The molecule has 0 amide bonds. The Bertz CT molecular complexity index is 2250. The Balaban J connectivity index is 1.40. The van der Waals surface area contributed by atoms with Crippen LogP contribution in [0.15, 0.2) is 35.3 Å². The van der Waals surface area contributed by atoms with Crippen LogP contribution in [-0.2, 0) is 12.7 Å². The standard InChI is InChI=1S/C34H30ClF3N6O4S/c1-17-27(34(36,37)38)30(43-11-9-42(4)10-12-43)23(16-39)26-28(17)41-19(3)44(32(26)45)13-14-48-24-6-5-20(35)15-22(24)21-7-8-40-29-25(33(46)47)18(2)49-31(21)29/h5-8,15H,9-14H2,1-4H3,(H,46,47). The highest BCUT2D eigenvalue weighted by Crippen LogP contribution is 2.44. The summed E-state index contributed by atoms with van der Waals surface area (Å²) in [6.07, 6.45) is -3.27. The zero-order chi connectivity index (χ0) is 35.4. The van der Waals surface area contributed by atoms with Gasteiger partial charge in [0.1, 0.15) is 24.3 Å². The summed E-state index contributed by atoms with van der Waals surface area (Å²) in [7, 11) is 1.87. The van der Waals surface area contributed by atoms with Gasteiger partial charge in [0, 0.05) is 53.4 Å². The molecule has 0 atom stereocenters. The van der Waals surface area contributed by atoms with E-state index >= 15 is 0 Å². The number of carboxylic acids is 1. The van der Waals surface area contributed by atoms with Crippen LogP contribution in [0.5, 0.6) is 5.75 Å². The predicted molar refractivity (Wildman–Crippen MR) is 182 cm³/mol. The van der Waals surface area contributed by atoms with E-state index in [4.69, 9.17) is 16.3 Å². The molecule has 1 saturated heterocycles. The van der Waals surface area contributed by atoms with Crippen molar-refractivity contribution in [2.75, 3.05) is 44.7 Å². The van der Waals surface area contributed by atoms with Crippen LogP contribution in [-0.4, -0.2) is 70.3 Å². The van der Waals surface area contributed by atoms with Gasteiger partial charge in [0.25, 0.3) is 5.56 Å². The molecular formula is C34H30ClF3N6O4S. The van der Waals surface area contributed by atoms with Crippen molar-refractivity contribution in [3.05, 3.63) is 78.8 Å². The normalized spacial score (nSPS) is 14.1. The molecule has 0 radical (unpaired) electrons. The van der Waals surface area contributed by atoms with Crippen molar-refractivity contribution in [1.29, 1.82) is 5.26 Å². The van der Waals surface area contributed by atoms with Crippen LogP contribution in [0.1, 0.15) is 37.7 Å². The van der Waals surface area contributed by atoms with Crippen LogP contribution in [0.4, 0.5) is 18.9 Å². The first-order chi connectivity index (χ1) is 23.2. The highest BCUT2D eigenvalue weighted by atomic mass is 35.5. The molecule has 49 heavy (non-hydrogen) atoms. The molecule has 6 rings (SSSR count). The molecule has 2 aromatic carbocycles. The average Bonchev–Trinajstić information content (AvgIpc) is 3.39. The van der Waals surface area contributed by atoms with Gasteiger partial charge in [0.2, 0.25) is 0 Å². The van der Waals surface area contributed by atoms with Crippen molar-refractivity contribution in [2.24, 2.45) is 0 Å². The number of likely N-dealkylation sites (N-methyl/N-ethyl adjacent to an activating group) is 1. The third-order valence-corrected chi connectivity index (χ3v) is 10.2. The van der Waals surface area contributed by atoms with Gasteiger partial charge in [-0.25, -0.2) is 9.78 Å². The van der Waals surface area contributed by atoms with E-state index in [0.717, 1.165) is 0 Å². The van der Waals surface area contributed by atoms with E-state index in [-0.39, 0.29) is 65.3 Å². The average molecular weight is 711 g/mol. The minimum absolute atomic E-state index is 0.0303. The number of aromatic carboxylic acids is 1. The maximum absolute atomic E-state index is 14.6. The van der Waals surface area contributed by atoms with Gasteiger partial charge in [-0.3, -0.25) is 14.3 Å². The van der Waals surface area contributed by atoms with Crippen molar-refractivity contribution in [3.8, 4) is 22.9 Å². The fourth-order valence-electron chi connectivity index (χ4n) is 6.41. The van der Waals surface area contributed by atoms with Crippen LogP contribution in [0.25, 0.3) is 32.2 Å². The Morgan fingerprint density at radius 1 is 1.12 bits per heavy atom. The van der Waals surface area contributed by atoms with Crippen molar-refractivity contribution >= 4 is 55.7 Å². The lowest BCUT2D eigenvalue weighted by Gasteiger charge is -2.36. The topological polar surface area (TPSA) is 125 Å². The molecule has 3 aromatic heterocycles. The SMILES string of the molecule is Cc1sc2c(-c3cc(Cl)ccc3OCCn3c(C)nc4c(C)c(C(F)(F)F)c(N5CCN(C)CC5)c(C#N)c4c3=O)ccnc2c1C(=O)O. The fraction of sp³-hybridized carbons (Fsp3) is 0.324. The summed E-state index contributed by atoms with van der Waals surface area (Å²) in [5.74, 6) is -0.517. The number of thiophene rings is 1. The summed E-state index contributed by atoms with van der Waals surface area (Å²) >= 11 is 7.66. The van der Waals surface area contributed by atoms with Crippen LogP contribution in [0.3, 0.4) is 0 Å². The Morgan fingerprint density at radius 3 is 2.49 bits per heavy atom. The van der Waals surface area contributed by atoms with Gasteiger partial charge in [-0.1, -0.05) is 11.6 Å². The van der Waals surface area contributed by atoms with E-state index in [9.17, 15) is 33.1 Å². The molecule has 0 bridgehead atoms. The second-order valence-corrected chi connectivity index (χ2v) is 13.5. The lowest BCUT2D eigenvalue weighted by molar-refractivity contribution is -0.137.